The zero-order valence-corrected chi connectivity index (χ0v) is 12.6. The summed E-state index contributed by atoms with van der Waals surface area (Å²) in [6.45, 7) is 11.4. The Bertz CT molecular complexity index is 427. The Balaban J connectivity index is 2.31. The van der Waals surface area contributed by atoms with Gasteiger partial charge >= 0.3 is 6.03 Å². The molecule has 0 aliphatic carbocycles. The second kappa shape index (κ2) is 4.43. The lowest BCUT2D eigenvalue weighted by molar-refractivity contribution is -0.135. The molecule has 2 saturated heterocycles. The molecule has 1 unspecified atom stereocenters. The lowest BCUT2D eigenvalue weighted by Crippen LogP contribution is -2.68. The second-order valence-electron chi connectivity index (χ2n) is 7.33. The van der Waals surface area contributed by atoms with Crippen LogP contribution in [0.3, 0.4) is 0 Å². The molecular formula is C14H24N3O3. The van der Waals surface area contributed by atoms with Gasteiger partial charge in [0.25, 0.3) is 5.91 Å². The predicted molar refractivity (Wildman–Crippen MR) is 74.9 cm³/mol. The molecule has 0 saturated carbocycles. The number of nitrogens with zero attached hydrogens (tertiary/aromatic N) is 1. The van der Waals surface area contributed by atoms with E-state index in [2.05, 4.69) is 17.6 Å². The average molecular weight is 282 g/mol. The molecule has 20 heavy (non-hydrogen) atoms. The second-order valence-corrected chi connectivity index (χ2v) is 7.33. The van der Waals surface area contributed by atoms with E-state index in [1.54, 1.807) is 0 Å². The summed E-state index contributed by atoms with van der Waals surface area (Å²) in [6, 6.07) is -0.439. The first kappa shape index (κ1) is 15.3. The fraction of sp³-hybridized carbons (Fsp3) is 0.786. The van der Waals surface area contributed by atoms with E-state index in [0.717, 1.165) is 4.90 Å². The maximum Gasteiger partial charge on any atom is 0.325 e. The molecule has 1 radical (unpaired) electrons. The summed E-state index contributed by atoms with van der Waals surface area (Å²) >= 11 is 0. The Morgan fingerprint density at radius 2 is 1.75 bits per heavy atom. The third-order valence-corrected chi connectivity index (χ3v) is 3.80. The van der Waals surface area contributed by atoms with Crippen LogP contribution in [0.25, 0.3) is 0 Å². The zero-order chi connectivity index (χ0) is 15.3. The normalized spacial score (nSPS) is 28.6. The van der Waals surface area contributed by atoms with Crippen molar-refractivity contribution in [3.8, 4) is 0 Å². The molecule has 2 aliphatic heterocycles. The maximum absolute atomic E-state index is 12.7. The van der Waals surface area contributed by atoms with E-state index in [4.69, 9.17) is 0 Å². The standard InChI is InChI=1S/C14H24N3O3/c1-9(18)6-17-10(19)14(15-11(17)20)7-12(2,3)16-13(4,5)8-14/h9,16,18H,1,6-8H2,2-5H3,(H,15,20). The molecule has 2 fully saturated rings. The average Bonchev–Trinajstić information content (AvgIpc) is 2.37. The molecule has 3 amide bonds. The summed E-state index contributed by atoms with van der Waals surface area (Å²) < 4.78 is 0. The third kappa shape index (κ3) is 2.67. The summed E-state index contributed by atoms with van der Waals surface area (Å²) in [5.41, 5.74) is -1.40. The van der Waals surface area contributed by atoms with Gasteiger partial charge in [-0.15, -0.1) is 0 Å². The van der Waals surface area contributed by atoms with Gasteiger partial charge in [-0.25, -0.2) is 4.79 Å². The molecular weight excluding hydrogens is 258 g/mol. The largest absolute Gasteiger partial charge is 0.391 e. The van der Waals surface area contributed by atoms with Crippen molar-refractivity contribution in [1.82, 2.24) is 15.5 Å². The van der Waals surface area contributed by atoms with E-state index in [9.17, 15) is 14.7 Å². The van der Waals surface area contributed by atoms with Gasteiger partial charge in [-0.1, -0.05) is 0 Å². The van der Waals surface area contributed by atoms with Gasteiger partial charge < -0.3 is 15.7 Å². The number of urea groups is 1. The molecule has 2 aliphatic rings. The quantitative estimate of drug-likeness (QED) is 0.641. The Kier molecular flexibility index (Phi) is 3.38. The minimum Gasteiger partial charge on any atom is -0.391 e. The summed E-state index contributed by atoms with van der Waals surface area (Å²) in [5.74, 6) is -0.257. The van der Waals surface area contributed by atoms with Crippen molar-refractivity contribution < 1.29 is 14.7 Å². The van der Waals surface area contributed by atoms with E-state index in [1.165, 1.54) is 0 Å². The van der Waals surface area contributed by atoms with Crippen LogP contribution < -0.4 is 10.6 Å². The fourth-order valence-corrected chi connectivity index (χ4v) is 3.87. The minimum atomic E-state index is -0.970. The van der Waals surface area contributed by atoms with Crippen LogP contribution in [0.15, 0.2) is 0 Å². The topological polar surface area (TPSA) is 81.7 Å². The smallest absolute Gasteiger partial charge is 0.325 e. The summed E-state index contributed by atoms with van der Waals surface area (Å²) in [4.78, 5) is 25.8. The highest BCUT2D eigenvalue weighted by molar-refractivity contribution is 6.07. The number of aliphatic hydroxyl groups is 1. The Morgan fingerprint density at radius 3 is 2.20 bits per heavy atom. The van der Waals surface area contributed by atoms with Crippen LogP contribution >= 0.6 is 0 Å². The first-order valence-electron chi connectivity index (χ1n) is 6.91. The number of carbonyl (C=O) groups is 2. The molecule has 0 bridgehead atoms. The van der Waals surface area contributed by atoms with Crippen LogP contribution in [-0.4, -0.2) is 51.2 Å². The number of amides is 3. The van der Waals surface area contributed by atoms with E-state index in [1.807, 2.05) is 27.7 Å². The molecule has 1 spiro atoms. The van der Waals surface area contributed by atoms with Gasteiger partial charge in [0.1, 0.15) is 5.54 Å². The van der Waals surface area contributed by atoms with Crippen LogP contribution in [-0.2, 0) is 4.79 Å². The van der Waals surface area contributed by atoms with Crippen molar-refractivity contribution in [3.63, 3.8) is 0 Å². The van der Waals surface area contributed by atoms with Crippen molar-refractivity contribution in [2.75, 3.05) is 6.54 Å². The number of nitrogens with one attached hydrogen (secondary N) is 2. The lowest BCUT2D eigenvalue weighted by Gasteiger charge is -2.50. The highest BCUT2D eigenvalue weighted by Gasteiger charge is 2.58. The molecule has 6 heteroatoms. The number of carbonyl (C=O) groups excluding carboxylic acids is 2. The van der Waals surface area contributed by atoms with Crippen molar-refractivity contribution in [1.29, 1.82) is 0 Å². The van der Waals surface area contributed by atoms with Crippen LogP contribution in [0, 0.1) is 6.92 Å². The molecule has 3 N–H and O–H groups in total. The lowest BCUT2D eigenvalue weighted by atomic mass is 9.71. The van der Waals surface area contributed by atoms with Crippen molar-refractivity contribution >= 4 is 11.9 Å². The minimum absolute atomic E-state index is 0.0687. The molecule has 113 valence electrons. The number of hydrogen-bond acceptors (Lipinski definition) is 4. The molecule has 6 nitrogen and oxygen atoms in total. The van der Waals surface area contributed by atoms with E-state index >= 15 is 0 Å². The van der Waals surface area contributed by atoms with Gasteiger partial charge in [-0.2, -0.15) is 0 Å². The maximum atomic E-state index is 12.7. The summed E-state index contributed by atoms with van der Waals surface area (Å²) in [7, 11) is 0. The van der Waals surface area contributed by atoms with Crippen molar-refractivity contribution in [2.24, 2.45) is 0 Å². The highest BCUT2D eigenvalue weighted by Crippen LogP contribution is 2.39. The number of rotatable bonds is 2. The van der Waals surface area contributed by atoms with Gasteiger partial charge in [0, 0.05) is 11.1 Å². The van der Waals surface area contributed by atoms with Crippen LogP contribution in [0.4, 0.5) is 4.79 Å². The Hall–Kier alpha value is -1.14. The van der Waals surface area contributed by atoms with Gasteiger partial charge in [0.05, 0.1) is 12.6 Å². The van der Waals surface area contributed by atoms with Crippen LogP contribution in [0.2, 0.25) is 0 Å². The zero-order valence-electron chi connectivity index (χ0n) is 12.6. The van der Waals surface area contributed by atoms with Crippen molar-refractivity contribution in [2.45, 2.75) is 63.3 Å². The number of piperidine rings is 1. The number of hydrogen-bond donors (Lipinski definition) is 3. The first-order chi connectivity index (χ1) is 8.96. The molecule has 0 aromatic heterocycles. The van der Waals surface area contributed by atoms with Gasteiger partial charge in [0.15, 0.2) is 0 Å². The third-order valence-electron chi connectivity index (χ3n) is 3.80. The summed E-state index contributed by atoms with van der Waals surface area (Å²) in [5, 5.41) is 15.7. The first-order valence-corrected chi connectivity index (χ1v) is 6.91. The Labute approximate surface area is 119 Å². The summed E-state index contributed by atoms with van der Waals surface area (Å²) in [6.07, 6.45) is 0.0812. The molecule has 1 atom stereocenters. The number of imide groups is 1. The van der Waals surface area contributed by atoms with Crippen LogP contribution in [0.1, 0.15) is 40.5 Å². The monoisotopic (exact) mass is 282 g/mol. The molecule has 2 rings (SSSR count). The van der Waals surface area contributed by atoms with E-state index < -0.39 is 17.7 Å². The molecule has 0 aromatic carbocycles. The van der Waals surface area contributed by atoms with Crippen molar-refractivity contribution in [3.05, 3.63) is 6.92 Å². The predicted octanol–water partition coefficient (Wildman–Crippen LogP) is 0.413. The Morgan fingerprint density at radius 1 is 1.25 bits per heavy atom. The van der Waals surface area contributed by atoms with E-state index in [0.29, 0.717) is 12.8 Å². The molecule has 2 heterocycles. The number of aliphatic hydroxyl groups excluding tert-OH is 1. The van der Waals surface area contributed by atoms with E-state index in [-0.39, 0.29) is 23.5 Å². The SMILES string of the molecule is [CH2]C(O)CN1C(=O)NC2(CC(C)(C)NC(C)(C)C2)C1=O. The van der Waals surface area contributed by atoms with Gasteiger partial charge in [0.2, 0.25) is 0 Å². The van der Waals surface area contributed by atoms with Crippen LogP contribution in [0.5, 0.6) is 0 Å². The highest BCUT2D eigenvalue weighted by atomic mass is 16.3. The fourth-order valence-electron chi connectivity index (χ4n) is 3.87. The van der Waals surface area contributed by atoms with Gasteiger partial charge in [-0.3, -0.25) is 9.69 Å². The van der Waals surface area contributed by atoms with Gasteiger partial charge in [-0.05, 0) is 47.5 Å². The number of β-amino-alcohol motifs (C(OH)–C–C–N with tert-alkyl or cyclic N) is 1. The molecule has 0 aromatic rings.